The van der Waals surface area contributed by atoms with E-state index in [4.69, 9.17) is 29.0 Å². The van der Waals surface area contributed by atoms with Gasteiger partial charge in [-0.3, -0.25) is 5.84 Å². The van der Waals surface area contributed by atoms with Crippen molar-refractivity contribution in [3.63, 3.8) is 0 Å². The molecule has 0 bridgehead atoms. The third-order valence-electron chi connectivity index (χ3n) is 1.69. The number of thiazole rings is 1. The Balaban J connectivity index is 2.89. The Kier molecular flexibility index (Phi) is 2.48. The average molecular weight is 252 g/mol. The molecule has 74 valence electrons. The molecule has 0 amide bonds. The Hall–Kier alpha value is -0.620. The van der Waals surface area contributed by atoms with E-state index in [-0.39, 0.29) is 10.7 Å². The molecule has 7 heteroatoms. The molecule has 3 nitrogen and oxygen atoms in total. The number of benzene rings is 1. The Bertz CT molecular complexity index is 499. The summed E-state index contributed by atoms with van der Waals surface area (Å²) in [7, 11) is 0. The maximum atomic E-state index is 13.3. The number of halogens is 3. The summed E-state index contributed by atoms with van der Waals surface area (Å²) in [6, 6.07) is 1.15. The molecule has 0 saturated heterocycles. The van der Waals surface area contributed by atoms with Crippen molar-refractivity contribution in [2.75, 3.05) is 5.43 Å². The standard InChI is InChI=1S/C7H4Cl2FN3S/c8-2-1-3(10)5(13-11)6-4(2)12-7(9)14-6/h1,13H,11H2. The number of hydrogen-bond acceptors (Lipinski definition) is 4. The van der Waals surface area contributed by atoms with Crippen molar-refractivity contribution in [3.05, 3.63) is 21.4 Å². The van der Waals surface area contributed by atoms with Crippen molar-refractivity contribution >= 4 is 50.4 Å². The second-order valence-corrected chi connectivity index (χ2v) is 4.49. The van der Waals surface area contributed by atoms with Crippen molar-refractivity contribution in [1.82, 2.24) is 4.98 Å². The summed E-state index contributed by atoms with van der Waals surface area (Å²) in [5.74, 6) is 4.66. The van der Waals surface area contributed by atoms with E-state index in [1.54, 1.807) is 0 Å². The molecule has 0 unspecified atom stereocenters. The molecule has 2 aromatic rings. The van der Waals surface area contributed by atoms with Gasteiger partial charge in [-0.15, -0.1) is 11.3 Å². The summed E-state index contributed by atoms with van der Waals surface area (Å²) >= 11 is 12.6. The van der Waals surface area contributed by atoms with Crippen LogP contribution in [0.3, 0.4) is 0 Å². The lowest BCUT2D eigenvalue weighted by Crippen LogP contribution is -2.08. The van der Waals surface area contributed by atoms with Crippen LogP contribution in [-0.2, 0) is 0 Å². The molecule has 0 aliphatic heterocycles. The first-order valence-electron chi connectivity index (χ1n) is 3.54. The molecule has 1 aromatic carbocycles. The molecule has 2 rings (SSSR count). The van der Waals surface area contributed by atoms with Gasteiger partial charge in [0.2, 0.25) is 0 Å². The van der Waals surface area contributed by atoms with Gasteiger partial charge in [0.1, 0.15) is 11.2 Å². The van der Waals surface area contributed by atoms with Crippen LogP contribution >= 0.6 is 34.5 Å². The minimum absolute atomic E-state index is 0.161. The van der Waals surface area contributed by atoms with Gasteiger partial charge in [-0.25, -0.2) is 9.37 Å². The van der Waals surface area contributed by atoms with Crippen LogP contribution in [0.4, 0.5) is 10.1 Å². The maximum Gasteiger partial charge on any atom is 0.184 e. The minimum Gasteiger partial charge on any atom is -0.320 e. The van der Waals surface area contributed by atoms with Crippen LogP contribution in [0.2, 0.25) is 9.49 Å². The van der Waals surface area contributed by atoms with Crippen LogP contribution in [-0.4, -0.2) is 4.98 Å². The molecule has 1 aromatic heterocycles. The van der Waals surface area contributed by atoms with Crippen LogP contribution in [0.25, 0.3) is 10.2 Å². The first-order chi connectivity index (χ1) is 6.63. The lowest BCUT2D eigenvalue weighted by Gasteiger charge is -2.03. The van der Waals surface area contributed by atoms with Gasteiger partial charge in [0, 0.05) is 0 Å². The zero-order valence-corrected chi connectivity index (χ0v) is 8.97. The number of nitrogens with zero attached hydrogens (tertiary/aromatic N) is 1. The van der Waals surface area contributed by atoms with Gasteiger partial charge in [-0.05, 0) is 6.07 Å². The van der Waals surface area contributed by atoms with Crippen LogP contribution in [0.1, 0.15) is 0 Å². The third kappa shape index (κ3) is 1.42. The number of fused-ring (bicyclic) bond motifs is 1. The summed E-state index contributed by atoms with van der Waals surface area (Å²) in [6.07, 6.45) is 0. The second-order valence-electron chi connectivity index (χ2n) is 2.50. The van der Waals surface area contributed by atoms with E-state index in [9.17, 15) is 4.39 Å². The maximum absolute atomic E-state index is 13.3. The smallest absolute Gasteiger partial charge is 0.184 e. The Morgan fingerprint density at radius 3 is 2.86 bits per heavy atom. The highest BCUT2D eigenvalue weighted by Crippen LogP contribution is 2.37. The number of hydrogen-bond donors (Lipinski definition) is 2. The van der Waals surface area contributed by atoms with E-state index in [0.717, 1.165) is 17.4 Å². The predicted molar refractivity (Wildman–Crippen MR) is 57.4 cm³/mol. The molecule has 3 N–H and O–H groups in total. The van der Waals surface area contributed by atoms with E-state index in [2.05, 4.69) is 10.4 Å². The first kappa shape index (κ1) is 9.92. The van der Waals surface area contributed by atoms with Crippen LogP contribution < -0.4 is 11.3 Å². The van der Waals surface area contributed by atoms with Gasteiger partial charge in [0.15, 0.2) is 10.3 Å². The highest BCUT2D eigenvalue weighted by Gasteiger charge is 2.14. The highest BCUT2D eigenvalue weighted by atomic mass is 35.5. The summed E-state index contributed by atoms with van der Waals surface area (Å²) in [5, 5.41) is 0.222. The van der Waals surface area contributed by atoms with Gasteiger partial charge in [-0.2, -0.15) is 0 Å². The monoisotopic (exact) mass is 251 g/mol. The van der Waals surface area contributed by atoms with Gasteiger partial charge in [-0.1, -0.05) is 23.2 Å². The highest BCUT2D eigenvalue weighted by molar-refractivity contribution is 7.22. The molecular formula is C7H4Cl2FN3S. The number of nitrogen functional groups attached to an aromatic ring is 1. The van der Waals surface area contributed by atoms with E-state index in [1.807, 2.05) is 0 Å². The number of hydrazine groups is 1. The van der Waals surface area contributed by atoms with E-state index < -0.39 is 5.82 Å². The predicted octanol–water partition coefficient (Wildman–Crippen LogP) is 3.03. The summed E-state index contributed by atoms with van der Waals surface area (Å²) < 4.78 is 14.1. The SMILES string of the molecule is NNc1c(F)cc(Cl)c2nc(Cl)sc12. The van der Waals surface area contributed by atoms with Crippen molar-refractivity contribution in [1.29, 1.82) is 0 Å². The minimum atomic E-state index is -0.523. The van der Waals surface area contributed by atoms with Crippen molar-refractivity contribution in [2.24, 2.45) is 5.84 Å². The fraction of sp³-hybridized carbons (Fsp3) is 0. The number of anilines is 1. The molecule has 0 spiro atoms. The summed E-state index contributed by atoms with van der Waals surface area (Å²) in [4.78, 5) is 3.95. The van der Waals surface area contributed by atoms with Gasteiger partial charge < -0.3 is 5.43 Å². The lowest BCUT2D eigenvalue weighted by molar-refractivity contribution is 0.632. The van der Waals surface area contributed by atoms with Crippen molar-refractivity contribution in [2.45, 2.75) is 0 Å². The molecule has 0 radical (unpaired) electrons. The Morgan fingerprint density at radius 1 is 1.50 bits per heavy atom. The lowest BCUT2D eigenvalue weighted by atomic mass is 10.3. The molecular weight excluding hydrogens is 248 g/mol. The zero-order chi connectivity index (χ0) is 10.3. The van der Waals surface area contributed by atoms with Gasteiger partial charge in [0.25, 0.3) is 0 Å². The molecule has 0 fully saturated rings. The fourth-order valence-corrected chi connectivity index (χ4v) is 2.54. The van der Waals surface area contributed by atoms with Gasteiger partial charge in [0.05, 0.1) is 9.72 Å². The topological polar surface area (TPSA) is 50.9 Å². The molecule has 14 heavy (non-hydrogen) atoms. The first-order valence-corrected chi connectivity index (χ1v) is 5.11. The van der Waals surface area contributed by atoms with Crippen LogP contribution in [0.5, 0.6) is 0 Å². The average Bonchev–Trinajstić information content (AvgIpc) is 2.48. The summed E-state index contributed by atoms with van der Waals surface area (Å²) in [5.41, 5.74) is 2.87. The molecule has 0 aliphatic rings. The number of rotatable bonds is 1. The third-order valence-corrected chi connectivity index (χ3v) is 3.16. The molecule has 1 heterocycles. The van der Waals surface area contributed by atoms with E-state index in [0.29, 0.717) is 14.7 Å². The van der Waals surface area contributed by atoms with Crippen LogP contribution in [0, 0.1) is 5.82 Å². The van der Waals surface area contributed by atoms with Crippen LogP contribution in [0.15, 0.2) is 6.07 Å². The molecule has 0 atom stereocenters. The largest absolute Gasteiger partial charge is 0.320 e. The fourth-order valence-electron chi connectivity index (χ4n) is 1.12. The Morgan fingerprint density at radius 2 is 2.21 bits per heavy atom. The van der Waals surface area contributed by atoms with E-state index >= 15 is 0 Å². The zero-order valence-electron chi connectivity index (χ0n) is 6.64. The summed E-state index contributed by atoms with van der Waals surface area (Å²) in [6.45, 7) is 0. The van der Waals surface area contributed by atoms with Crippen molar-refractivity contribution in [3.8, 4) is 0 Å². The molecule has 0 saturated carbocycles. The Labute approximate surface area is 92.6 Å². The number of nitrogens with one attached hydrogen (secondary N) is 1. The quantitative estimate of drug-likeness (QED) is 0.605. The normalized spacial score (nSPS) is 10.9. The van der Waals surface area contributed by atoms with Gasteiger partial charge >= 0.3 is 0 Å². The van der Waals surface area contributed by atoms with E-state index in [1.165, 1.54) is 0 Å². The number of nitrogens with two attached hydrogens (primary N) is 1. The number of aromatic nitrogens is 1. The molecule has 0 aliphatic carbocycles. The second kappa shape index (κ2) is 3.51. The van der Waals surface area contributed by atoms with Crippen molar-refractivity contribution < 1.29 is 4.39 Å².